The molecule has 0 fully saturated rings. The number of nitrogens with zero attached hydrogens (tertiary/aromatic N) is 5. The van der Waals surface area contributed by atoms with Crippen LogP contribution in [0.4, 0.5) is 0 Å². The van der Waals surface area contributed by atoms with E-state index in [4.69, 9.17) is 4.52 Å². The van der Waals surface area contributed by atoms with Gasteiger partial charge >= 0.3 is 0 Å². The number of halogens is 1. The van der Waals surface area contributed by atoms with E-state index in [0.29, 0.717) is 23.8 Å². The quantitative estimate of drug-likeness (QED) is 0.677. The molecule has 0 bridgehead atoms. The van der Waals surface area contributed by atoms with Gasteiger partial charge in [0.1, 0.15) is 10.3 Å². The molecule has 0 amide bonds. The molecule has 3 rings (SSSR count). The number of hydrogen-bond donors (Lipinski definition) is 0. The van der Waals surface area contributed by atoms with Crippen molar-refractivity contribution in [2.45, 2.75) is 26.3 Å². The molecule has 6 nitrogen and oxygen atoms in total. The van der Waals surface area contributed by atoms with Crippen LogP contribution in [0.5, 0.6) is 0 Å². The molecule has 0 saturated carbocycles. The molecule has 1 unspecified atom stereocenters. The maximum absolute atomic E-state index is 5.31. The van der Waals surface area contributed by atoms with Crippen molar-refractivity contribution >= 4 is 15.9 Å². The second-order valence-electron chi connectivity index (χ2n) is 4.88. The monoisotopic (exact) mass is 347 g/mol. The van der Waals surface area contributed by atoms with E-state index < -0.39 is 0 Å². The van der Waals surface area contributed by atoms with Crippen molar-refractivity contribution in [2.24, 2.45) is 0 Å². The van der Waals surface area contributed by atoms with E-state index in [1.807, 2.05) is 29.8 Å². The summed E-state index contributed by atoms with van der Waals surface area (Å²) in [7, 11) is 0. The van der Waals surface area contributed by atoms with E-state index >= 15 is 0 Å². The van der Waals surface area contributed by atoms with Gasteiger partial charge < -0.3 is 9.09 Å². The van der Waals surface area contributed by atoms with Crippen LogP contribution in [0, 0.1) is 6.92 Å². The Morgan fingerprint density at radius 3 is 2.90 bits per heavy atom. The minimum Gasteiger partial charge on any atom is -0.339 e. The molecule has 108 valence electrons. The fourth-order valence-electron chi connectivity index (χ4n) is 1.96. The number of aromatic nitrogens is 5. The number of pyridine rings is 1. The maximum Gasteiger partial charge on any atom is 0.229 e. The van der Waals surface area contributed by atoms with Crippen LogP contribution in [0.15, 0.2) is 40.0 Å². The van der Waals surface area contributed by atoms with Gasteiger partial charge in [0.2, 0.25) is 11.7 Å². The standard InChI is InChI=1S/C14H14BrN5O/c1-9-3-4-11(17-13(9)15)14-18-12(21-19-14)7-10(2)20-6-5-16-8-20/h3-6,8,10H,7H2,1-2H3. The number of rotatable bonds is 4. The molecule has 3 heterocycles. The molecule has 0 radical (unpaired) electrons. The van der Waals surface area contributed by atoms with Gasteiger partial charge in [-0.15, -0.1) is 0 Å². The summed E-state index contributed by atoms with van der Waals surface area (Å²) in [5.74, 6) is 1.09. The average Bonchev–Trinajstić information content (AvgIpc) is 3.12. The van der Waals surface area contributed by atoms with Gasteiger partial charge in [-0.1, -0.05) is 11.2 Å². The SMILES string of the molecule is Cc1ccc(-c2noc(CC(C)n3ccnc3)n2)nc1Br. The molecule has 0 spiro atoms. The van der Waals surface area contributed by atoms with Gasteiger partial charge in [0, 0.05) is 24.9 Å². The first-order chi connectivity index (χ1) is 10.1. The Morgan fingerprint density at radius 1 is 1.33 bits per heavy atom. The zero-order valence-corrected chi connectivity index (χ0v) is 13.3. The molecule has 3 aromatic heterocycles. The van der Waals surface area contributed by atoms with E-state index in [0.717, 1.165) is 10.2 Å². The van der Waals surface area contributed by atoms with Crippen LogP contribution in [0.25, 0.3) is 11.5 Å². The molecule has 0 aromatic carbocycles. The zero-order chi connectivity index (χ0) is 14.8. The summed E-state index contributed by atoms with van der Waals surface area (Å²) < 4.78 is 8.10. The molecule has 0 N–H and O–H groups in total. The van der Waals surface area contributed by atoms with Crippen LogP contribution in [0.3, 0.4) is 0 Å². The van der Waals surface area contributed by atoms with Crippen LogP contribution < -0.4 is 0 Å². The Hall–Kier alpha value is -2.02. The fraction of sp³-hybridized carbons (Fsp3) is 0.286. The van der Waals surface area contributed by atoms with E-state index in [-0.39, 0.29) is 6.04 Å². The van der Waals surface area contributed by atoms with Crippen molar-refractivity contribution in [1.82, 2.24) is 24.7 Å². The minimum absolute atomic E-state index is 0.207. The normalized spacial score (nSPS) is 12.5. The number of imidazole rings is 1. The molecule has 0 saturated heterocycles. The number of aryl methyl sites for hydroxylation is 1. The summed E-state index contributed by atoms with van der Waals surface area (Å²) >= 11 is 3.41. The molecule has 21 heavy (non-hydrogen) atoms. The summed E-state index contributed by atoms with van der Waals surface area (Å²) in [6.07, 6.45) is 6.10. The third kappa shape index (κ3) is 3.02. The van der Waals surface area contributed by atoms with Crippen molar-refractivity contribution < 1.29 is 4.52 Å². The molecule has 1 atom stereocenters. The topological polar surface area (TPSA) is 69.6 Å². The fourth-order valence-corrected chi connectivity index (χ4v) is 2.28. The summed E-state index contributed by atoms with van der Waals surface area (Å²) in [5.41, 5.74) is 1.76. The van der Waals surface area contributed by atoms with Gasteiger partial charge in [0.05, 0.1) is 6.33 Å². The Bertz CT molecular complexity index is 738. The smallest absolute Gasteiger partial charge is 0.229 e. The van der Waals surface area contributed by atoms with Crippen LogP contribution in [-0.4, -0.2) is 24.7 Å². The van der Waals surface area contributed by atoms with E-state index in [1.54, 1.807) is 12.5 Å². The predicted molar refractivity (Wildman–Crippen MR) is 80.6 cm³/mol. The molecule has 0 aliphatic carbocycles. The van der Waals surface area contributed by atoms with Crippen molar-refractivity contribution in [3.05, 3.63) is 46.9 Å². The van der Waals surface area contributed by atoms with Crippen LogP contribution in [-0.2, 0) is 6.42 Å². The molecule has 7 heteroatoms. The van der Waals surface area contributed by atoms with E-state index in [1.165, 1.54) is 0 Å². The van der Waals surface area contributed by atoms with Gasteiger partial charge in [0.15, 0.2) is 0 Å². The Kier molecular flexibility index (Phi) is 3.83. The van der Waals surface area contributed by atoms with Crippen molar-refractivity contribution in [2.75, 3.05) is 0 Å². The molecule has 0 aliphatic rings. The first-order valence-corrected chi connectivity index (χ1v) is 7.36. The Morgan fingerprint density at radius 2 is 2.19 bits per heavy atom. The average molecular weight is 348 g/mol. The lowest BCUT2D eigenvalue weighted by Crippen LogP contribution is -2.06. The Balaban J connectivity index is 1.78. The summed E-state index contributed by atoms with van der Waals surface area (Å²) in [6.45, 7) is 4.06. The lowest BCUT2D eigenvalue weighted by Gasteiger charge is -2.09. The van der Waals surface area contributed by atoms with Crippen molar-refractivity contribution in [3.8, 4) is 11.5 Å². The van der Waals surface area contributed by atoms with Crippen LogP contribution >= 0.6 is 15.9 Å². The van der Waals surface area contributed by atoms with Gasteiger partial charge in [-0.25, -0.2) is 9.97 Å². The highest BCUT2D eigenvalue weighted by Gasteiger charge is 2.14. The lowest BCUT2D eigenvalue weighted by molar-refractivity contribution is 0.356. The van der Waals surface area contributed by atoms with Crippen LogP contribution in [0.1, 0.15) is 24.4 Å². The van der Waals surface area contributed by atoms with E-state index in [9.17, 15) is 0 Å². The van der Waals surface area contributed by atoms with Gasteiger partial charge in [0.25, 0.3) is 0 Å². The molecule has 3 aromatic rings. The van der Waals surface area contributed by atoms with Gasteiger partial charge in [-0.2, -0.15) is 4.98 Å². The first-order valence-electron chi connectivity index (χ1n) is 6.57. The van der Waals surface area contributed by atoms with Crippen LogP contribution in [0.2, 0.25) is 0 Å². The van der Waals surface area contributed by atoms with Gasteiger partial charge in [-0.3, -0.25) is 0 Å². The Labute approximate surface area is 130 Å². The minimum atomic E-state index is 0.207. The van der Waals surface area contributed by atoms with E-state index in [2.05, 4.69) is 43.0 Å². The third-order valence-corrected chi connectivity index (χ3v) is 4.04. The maximum atomic E-state index is 5.31. The lowest BCUT2D eigenvalue weighted by atomic mass is 10.2. The highest BCUT2D eigenvalue weighted by Crippen LogP contribution is 2.20. The molecular weight excluding hydrogens is 334 g/mol. The summed E-state index contributed by atoms with van der Waals surface area (Å²) in [6, 6.07) is 4.06. The second kappa shape index (κ2) is 5.77. The predicted octanol–water partition coefficient (Wildman–Crippen LogP) is 3.20. The number of hydrogen-bond acceptors (Lipinski definition) is 5. The largest absolute Gasteiger partial charge is 0.339 e. The highest BCUT2D eigenvalue weighted by atomic mass is 79.9. The first kappa shape index (κ1) is 13.9. The van der Waals surface area contributed by atoms with Crippen molar-refractivity contribution in [1.29, 1.82) is 0 Å². The molecular formula is C14H14BrN5O. The van der Waals surface area contributed by atoms with Crippen molar-refractivity contribution in [3.63, 3.8) is 0 Å². The summed E-state index contributed by atoms with van der Waals surface area (Å²) in [4.78, 5) is 12.8. The zero-order valence-electron chi connectivity index (χ0n) is 11.7. The van der Waals surface area contributed by atoms with Gasteiger partial charge in [-0.05, 0) is 41.4 Å². The summed E-state index contributed by atoms with van der Waals surface area (Å²) in [5, 5.41) is 4.00. The second-order valence-corrected chi connectivity index (χ2v) is 5.63. The molecule has 0 aliphatic heterocycles. The highest BCUT2D eigenvalue weighted by molar-refractivity contribution is 9.10. The third-order valence-electron chi connectivity index (χ3n) is 3.24.